The summed E-state index contributed by atoms with van der Waals surface area (Å²) in [5.74, 6) is 1.13. The number of hydrogen-bond donors (Lipinski definition) is 0. The molecule has 1 aliphatic rings. The van der Waals surface area contributed by atoms with E-state index in [1.165, 1.54) is 6.42 Å². The van der Waals surface area contributed by atoms with Crippen molar-refractivity contribution in [3.8, 4) is 0 Å². The number of quaternary nitrogens is 1. The Morgan fingerprint density at radius 2 is 1.92 bits per heavy atom. The molecule has 2 atom stereocenters. The van der Waals surface area contributed by atoms with E-state index in [-0.39, 0.29) is 0 Å². The third-order valence-corrected chi connectivity index (χ3v) is 2.85. The second-order valence-electron chi connectivity index (χ2n) is 5.40. The van der Waals surface area contributed by atoms with Gasteiger partial charge in [0.1, 0.15) is 5.78 Å². The molecule has 76 valence electrons. The molecule has 0 radical (unpaired) electrons. The molecule has 0 N–H and O–H groups in total. The lowest BCUT2D eigenvalue weighted by molar-refractivity contribution is -0.872. The fraction of sp³-hybridized carbons (Fsp3) is 0.909. The highest BCUT2D eigenvalue weighted by atomic mass is 16.1. The summed E-state index contributed by atoms with van der Waals surface area (Å²) in [7, 11) is 6.48. The molecule has 2 nitrogen and oxygen atoms in total. The minimum atomic E-state index is 0.310. The van der Waals surface area contributed by atoms with Crippen molar-refractivity contribution in [2.75, 3.05) is 27.7 Å². The number of carbonyl (C=O) groups excluding carboxylic acids is 1. The third-order valence-electron chi connectivity index (χ3n) is 2.85. The molecule has 1 fully saturated rings. The topological polar surface area (TPSA) is 17.1 Å². The van der Waals surface area contributed by atoms with Gasteiger partial charge in [0.05, 0.1) is 33.6 Å². The van der Waals surface area contributed by atoms with Crippen LogP contribution in [0.2, 0.25) is 0 Å². The van der Waals surface area contributed by atoms with E-state index in [1.807, 2.05) is 0 Å². The quantitative estimate of drug-likeness (QED) is 0.597. The summed E-state index contributed by atoms with van der Waals surface area (Å²) >= 11 is 0. The molecule has 0 saturated heterocycles. The van der Waals surface area contributed by atoms with Crippen LogP contribution in [-0.2, 0) is 4.79 Å². The summed E-state index contributed by atoms with van der Waals surface area (Å²) in [5, 5.41) is 0. The first-order chi connectivity index (χ1) is 5.90. The fourth-order valence-corrected chi connectivity index (χ4v) is 2.20. The molecule has 0 aromatic carbocycles. The Labute approximate surface area is 81.5 Å². The smallest absolute Gasteiger partial charge is 0.144 e. The molecule has 1 saturated carbocycles. The van der Waals surface area contributed by atoms with Crippen molar-refractivity contribution in [2.24, 2.45) is 11.8 Å². The third kappa shape index (κ3) is 3.11. The molecule has 0 bridgehead atoms. The van der Waals surface area contributed by atoms with Crippen LogP contribution in [0.3, 0.4) is 0 Å². The molecule has 0 amide bonds. The van der Waals surface area contributed by atoms with Gasteiger partial charge in [-0.1, -0.05) is 13.3 Å². The Kier molecular flexibility index (Phi) is 3.12. The van der Waals surface area contributed by atoms with Crippen LogP contribution < -0.4 is 0 Å². The lowest BCUT2D eigenvalue weighted by Crippen LogP contribution is -2.43. The number of Topliss-reactive ketones (excluding diaryl/α,β-unsaturated/α-hetero) is 1. The molecule has 0 aromatic heterocycles. The van der Waals surface area contributed by atoms with Crippen LogP contribution in [0.25, 0.3) is 0 Å². The SMILES string of the molecule is C[C@@H]1CCC[C@@H](C[N+](C)(C)C)C1=O. The van der Waals surface area contributed by atoms with Gasteiger partial charge in [-0.15, -0.1) is 0 Å². The van der Waals surface area contributed by atoms with E-state index >= 15 is 0 Å². The number of nitrogens with zero attached hydrogens (tertiary/aromatic N) is 1. The standard InChI is InChI=1S/C11H22NO/c1-9-6-5-7-10(11(9)13)8-12(2,3)4/h9-10H,5-8H2,1-4H3/q+1/t9-,10+/m1/s1. The van der Waals surface area contributed by atoms with Crippen LogP contribution in [0.1, 0.15) is 26.2 Å². The van der Waals surface area contributed by atoms with E-state index in [4.69, 9.17) is 0 Å². The van der Waals surface area contributed by atoms with Gasteiger partial charge in [0.25, 0.3) is 0 Å². The summed E-state index contributed by atoms with van der Waals surface area (Å²) in [4.78, 5) is 11.8. The van der Waals surface area contributed by atoms with E-state index < -0.39 is 0 Å². The Morgan fingerprint density at radius 3 is 2.46 bits per heavy atom. The molecular weight excluding hydrogens is 162 g/mol. The lowest BCUT2D eigenvalue weighted by atomic mass is 9.81. The summed E-state index contributed by atoms with van der Waals surface area (Å²) in [5.41, 5.74) is 0. The van der Waals surface area contributed by atoms with Gasteiger partial charge in [-0.25, -0.2) is 0 Å². The summed E-state index contributed by atoms with van der Waals surface area (Å²) in [6.07, 6.45) is 3.45. The predicted octanol–water partition coefficient (Wildman–Crippen LogP) is 1.70. The van der Waals surface area contributed by atoms with Gasteiger partial charge in [-0.3, -0.25) is 4.79 Å². The van der Waals surface area contributed by atoms with Crippen molar-refractivity contribution in [3.63, 3.8) is 0 Å². The number of carbonyl (C=O) groups is 1. The van der Waals surface area contributed by atoms with Crippen LogP contribution in [0.4, 0.5) is 0 Å². The molecule has 1 rings (SSSR count). The van der Waals surface area contributed by atoms with Crippen molar-refractivity contribution in [1.29, 1.82) is 0 Å². The first kappa shape index (κ1) is 10.7. The molecular formula is C11H22NO+. The van der Waals surface area contributed by atoms with Crippen molar-refractivity contribution in [2.45, 2.75) is 26.2 Å². The van der Waals surface area contributed by atoms with Gasteiger partial charge in [0.2, 0.25) is 0 Å². The second-order valence-corrected chi connectivity index (χ2v) is 5.40. The predicted molar refractivity (Wildman–Crippen MR) is 54.4 cm³/mol. The normalized spacial score (nSPS) is 30.6. The van der Waals surface area contributed by atoms with Crippen LogP contribution in [0, 0.1) is 11.8 Å². The monoisotopic (exact) mass is 184 g/mol. The Hall–Kier alpha value is -0.370. The Balaban J connectivity index is 2.54. The molecule has 1 aliphatic carbocycles. The summed E-state index contributed by atoms with van der Waals surface area (Å²) in [6, 6.07) is 0. The maximum Gasteiger partial charge on any atom is 0.144 e. The summed E-state index contributed by atoms with van der Waals surface area (Å²) in [6.45, 7) is 3.08. The maximum absolute atomic E-state index is 11.8. The van der Waals surface area contributed by atoms with Crippen molar-refractivity contribution < 1.29 is 9.28 Å². The fourth-order valence-electron chi connectivity index (χ4n) is 2.20. The first-order valence-electron chi connectivity index (χ1n) is 5.24. The van der Waals surface area contributed by atoms with Gasteiger partial charge in [-0.05, 0) is 12.8 Å². The van der Waals surface area contributed by atoms with E-state index in [1.54, 1.807) is 0 Å². The van der Waals surface area contributed by atoms with Gasteiger partial charge >= 0.3 is 0 Å². The van der Waals surface area contributed by atoms with Crippen molar-refractivity contribution >= 4 is 5.78 Å². The van der Waals surface area contributed by atoms with Crippen LogP contribution >= 0.6 is 0 Å². The van der Waals surface area contributed by atoms with Gasteiger partial charge in [0.15, 0.2) is 0 Å². The van der Waals surface area contributed by atoms with Gasteiger partial charge < -0.3 is 4.48 Å². The largest absolute Gasteiger partial charge is 0.330 e. The highest BCUT2D eigenvalue weighted by Gasteiger charge is 2.31. The minimum absolute atomic E-state index is 0.310. The zero-order valence-corrected chi connectivity index (χ0v) is 9.34. The number of hydrogen-bond acceptors (Lipinski definition) is 1. The highest BCUT2D eigenvalue weighted by molar-refractivity contribution is 5.83. The van der Waals surface area contributed by atoms with Gasteiger partial charge in [0, 0.05) is 5.92 Å². The first-order valence-corrected chi connectivity index (χ1v) is 5.24. The van der Waals surface area contributed by atoms with Crippen LogP contribution in [0.15, 0.2) is 0 Å². The van der Waals surface area contributed by atoms with Crippen LogP contribution in [-0.4, -0.2) is 38.0 Å². The summed E-state index contributed by atoms with van der Waals surface area (Å²) < 4.78 is 0.906. The average Bonchev–Trinajstić information content (AvgIpc) is 1.96. The van der Waals surface area contributed by atoms with Gasteiger partial charge in [-0.2, -0.15) is 0 Å². The van der Waals surface area contributed by atoms with E-state index in [0.29, 0.717) is 17.6 Å². The minimum Gasteiger partial charge on any atom is -0.330 e. The van der Waals surface area contributed by atoms with Crippen LogP contribution in [0.5, 0.6) is 0 Å². The molecule has 2 heteroatoms. The molecule has 0 spiro atoms. The van der Waals surface area contributed by atoms with E-state index in [9.17, 15) is 4.79 Å². The molecule has 13 heavy (non-hydrogen) atoms. The molecule has 0 unspecified atom stereocenters. The van der Waals surface area contributed by atoms with E-state index in [0.717, 1.165) is 23.9 Å². The number of ketones is 1. The van der Waals surface area contributed by atoms with Crippen molar-refractivity contribution in [3.05, 3.63) is 0 Å². The molecule has 0 aliphatic heterocycles. The Bertz CT molecular complexity index is 193. The number of rotatable bonds is 2. The highest BCUT2D eigenvalue weighted by Crippen LogP contribution is 2.26. The van der Waals surface area contributed by atoms with E-state index in [2.05, 4.69) is 28.1 Å². The molecule has 0 heterocycles. The Morgan fingerprint density at radius 1 is 1.31 bits per heavy atom. The zero-order valence-electron chi connectivity index (χ0n) is 9.34. The van der Waals surface area contributed by atoms with Crippen molar-refractivity contribution in [1.82, 2.24) is 0 Å². The second kappa shape index (κ2) is 3.79. The zero-order chi connectivity index (χ0) is 10.1. The molecule has 0 aromatic rings. The lowest BCUT2D eigenvalue weighted by Gasteiger charge is -2.32. The average molecular weight is 184 g/mol. The maximum atomic E-state index is 11.8.